The highest BCUT2D eigenvalue weighted by Gasteiger charge is 2.15. The maximum atomic E-state index is 4.64. The van der Waals surface area contributed by atoms with Crippen molar-refractivity contribution < 1.29 is 0 Å². The highest BCUT2D eigenvalue weighted by atomic mass is 32.1. The summed E-state index contributed by atoms with van der Waals surface area (Å²) in [6, 6.07) is 19.3. The highest BCUT2D eigenvalue weighted by molar-refractivity contribution is 7.13. The molecule has 0 amide bonds. The number of nitrogens with zero attached hydrogens (tertiary/aromatic N) is 3. The van der Waals surface area contributed by atoms with Crippen LogP contribution in [0.25, 0.3) is 54.9 Å². The average Bonchev–Trinajstić information content (AvgIpc) is 3.54. The quantitative estimate of drug-likeness (QED) is 0.368. The lowest BCUT2D eigenvalue weighted by Crippen LogP contribution is -1.94. The number of nitrogens with one attached hydrogen (secondary N) is 2. The van der Waals surface area contributed by atoms with Gasteiger partial charge >= 0.3 is 0 Å². The summed E-state index contributed by atoms with van der Waals surface area (Å²) in [7, 11) is 2.04. The summed E-state index contributed by atoms with van der Waals surface area (Å²) in [4.78, 5) is 9.28. The molecule has 6 aromatic rings. The van der Waals surface area contributed by atoms with E-state index in [2.05, 4.69) is 84.7 Å². The van der Waals surface area contributed by atoms with E-state index in [1.807, 2.05) is 20.2 Å². The molecule has 0 atom stereocenters. The minimum absolute atomic E-state index is 0.930. The van der Waals surface area contributed by atoms with E-state index >= 15 is 0 Å². The van der Waals surface area contributed by atoms with Gasteiger partial charge in [-0.15, -0.1) is 11.3 Å². The van der Waals surface area contributed by atoms with E-state index in [0.29, 0.717) is 0 Å². The van der Waals surface area contributed by atoms with Crippen molar-refractivity contribution in [2.75, 3.05) is 0 Å². The Bertz CT molecular complexity index is 1510. The van der Waals surface area contributed by atoms with Gasteiger partial charge in [0.2, 0.25) is 0 Å². The molecule has 6 heteroatoms. The third-order valence-corrected chi connectivity index (χ3v) is 6.69. The van der Waals surface area contributed by atoms with Crippen LogP contribution in [0.2, 0.25) is 0 Å². The van der Waals surface area contributed by atoms with Gasteiger partial charge in [-0.3, -0.25) is 5.10 Å². The van der Waals surface area contributed by atoms with Crippen LogP contribution in [0.15, 0.2) is 66.2 Å². The van der Waals surface area contributed by atoms with E-state index in [4.69, 9.17) is 0 Å². The number of benzene rings is 2. The lowest BCUT2D eigenvalue weighted by atomic mass is 10.1. The van der Waals surface area contributed by atoms with E-state index < -0.39 is 0 Å². The Morgan fingerprint density at radius 3 is 2.70 bits per heavy atom. The normalized spacial score (nSPS) is 11.7. The Hall–Kier alpha value is -3.64. The molecule has 4 aromatic heterocycles. The Kier molecular flexibility index (Phi) is 3.70. The van der Waals surface area contributed by atoms with E-state index in [0.717, 1.165) is 44.9 Å². The number of aromatic amines is 2. The molecule has 0 aliphatic heterocycles. The van der Waals surface area contributed by atoms with Crippen molar-refractivity contribution in [1.82, 2.24) is 24.7 Å². The largest absolute Gasteiger partial charge is 0.353 e. The van der Waals surface area contributed by atoms with Crippen LogP contribution in [0.1, 0.15) is 5.82 Å². The maximum Gasteiger partial charge on any atom is 0.116 e. The number of hydrogen-bond acceptors (Lipinski definition) is 3. The van der Waals surface area contributed by atoms with Crippen molar-refractivity contribution in [3.63, 3.8) is 0 Å². The Morgan fingerprint density at radius 1 is 0.967 bits per heavy atom. The summed E-state index contributed by atoms with van der Waals surface area (Å²) in [6.07, 6.45) is 1.92. The Morgan fingerprint density at radius 2 is 1.90 bits per heavy atom. The van der Waals surface area contributed by atoms with Gasteiger partial charge in [0.05, 0.1) is 23.1 Å². The lowest BCUT2D eigenvalue weighted by molar-refractivity contribution is 0.865. The molecule has 4 heterocycles. The minimum Gasteiger partial charge on any atom is -0.353 e. The Balaban J connectivity index is 1.53. The van der Waals surface area contributed by atoms with Gasteiger partial charge in [0.1, 0.15) is 11.5 Å². The van der Waals surface area contributed by atoms with Crippen molar-refractivity contribution in [3.05, 3.63) is 72.0 Å². The molecule has 6 rings (SSSR count). The van der Waals surface area contributed by atoms with Crippen LogP contribution in [0.5, 0.6) is 0 Å². The molecule has 0 spiro atoms. The van der Waals surface area contributed by atoms with Crippen LogP contribution < -0.4 is 0 Å². The zero-order valence-corrected chi connectivity index (χ0v) is 17.4. The minimum atomic E-state index is 0.930. The first-order valence-corrected chi connectivity index (χ1v) is 10.7. The average molecular weight is 410 g/mol. The fraction of sp³-hybridized carbons (Fsp3) is 0.0833. The van der Waals surface area contributed by atoms with Gasteiger partial charge in [0, 0.05) is 39.3 Å². The fourth-order valence-corrected chi connectivity index (χ4v) is 4.84. The third kappa shape index (κ3) is 2.54. The number of H-pyrrole nitrogens is 2. The number of imidazole rings is 1. The van der Waals surface area contributed by atoms with E-state index in [-0.39, 0.29) is 0 Å². The molecule has 5 nitrogen and oxygen atoms in total. The topological polar surface area (TPSA) is 62.3 Å². The number of aromatic nitrogens is 5. The Labute approximate surface area is 177 Å². The molecule has 0 radical (unpaired) electrons. The van der Waals surface area contributed by atoms with Gasteiger partial charge in [-0.2, -0.15) is 5.10 Å². The van der Waals surface area contributed by atoms with Gasteiger partial charge in [0.25, 0.3) is 0 Å². The van der Waals surface area contributed by atoms with Crippen LogP contribution in [-0.4, -0.2) is 24.7 Å². The second-order valence-electron chi connectivity index (χ2n) is 7.51. The molecule has 0 aliphatic carbocycles. The SMILES string of the molecule is Cc1ncc(-c2ccc3[nH]nc(-c4cc5c(-c6cccs6)cccc5[nH]4)c3c2)n1C. The molecular formula is C24H19N5S. The monoisotopic (exact) mass is 409 g/mol. The molecule has 0 fully saturated rings. The first-order valence-electron chi connectivity index (χ1n) is 9.82. The van der Waals surface area contributed by atoms with Gasteiger partial charge in [-0.1, -0.05) is 24.3 Å². The van der Waals surface area contributed by atoms with Gasteiger partial charge < -0.3 is 9.55 Å². The standard InChI is InChI=1S/C24H19N5S/c1-14-25-13-22(29(14)2)15-8-9-20-18(11-15)24(28-27-20)21-12-17-16(23-7-4-10-30-23)5-3-6-19(17)26-21/h3-13,26H,1-2H3,(H,27,28). The van der Waals surface area contributed by atoms with E-state index in [9.17, 15) is 0 Å². The lowest BCUT2D eigenvalue weighted by Gasteiger charge is -2.04. The molecule has 0 saturated carbocycles. The van der Waals surface area contributed by atoms with Crippen molar-refractivity contribution in [1.29, 1.82) is 0 Å². The number of aryl methyl sites for hydroxylation is 1. The predicted octanol–water partition coefficient (Wildman–Crippen LogP) is 6.15. The van der Waals surface area contributed by atoms with Crippen LogP contribution >= 0.6 is 11.3 Å². The predicted molar refractivity (Wildman–Crippen MR) is 124 cm³/mol. The highest BCUT2D eigenvalue weighted by Crippen LogP contribution is 2.36. The summed E-state index contributed by atoms with van der Waals surface area (Å²) >= 11 is 1.76. The van der Waals surface area contributed by atoms with Gasteiger partial charge in [0.15, 0.2) is 0 Å². The van der Waals surface area contributed by atoms with Crippen LogP contribution in [0.4, 0.5) is 0 Å². The number of thiophene rings is 1. The van der Waals surface area contributed by atoms with Gasteiger partial charge in [-0.05, 0) is 42.6 Å². The van der Waals surface area contributed by atoms with Crippen LogP contribution in [0.3, 0.4) is 0 Å². The number of fused-ring (bicyclic) bond motifs is 2. The molecule has 0 saturated heterocycles. The summed E-state index contributed by atoms with van der Waals surface area (Å²) in [5, 5.41) is 12.2. The molecular weight excluding hydrogens is 390 g/mol. The summed E-state index contributed by atoms with van der Waals surface area (Å²) < 4.78 is 2.11. The number of rotatable bonds is 3. The molecule has 146 valence electrons. The maximum absolute atomic E-state index is 4.64. The van der Waals surface area contributed by atoms with Crippen LogP contribution in [-0.2, 0) is 7.05 Å². The van der Waals surface area contributed by atoms with Crippen molar-refractivity contribution >= 4 is 33.1 Å². The van der Waals surface area contributed by atoms with Crippen molar-refractivity contribution in [2.24, 2.45) is 7.05 Å². The zero-order chi connectivity index (χ0) is 20.2. The molecule has 0 bridgehead atoms. The number of hydrogen-bond donors (Lipinski definition) is 2. The van der Waals surface area contributed by atoms with Crippen molar-refractivity contribution in [3.8, 4) is 33.1 Å². The second-order valence-corrected chi connectivity index (χ2v) is 8.46. The first-order chi connectivity index (χ1) is 14.7. The van der Waals surface area contributed by atoms with Crippen LogP contribution in [0, 0.1) is 6.92 Å². The molecule has 30 heavy (non-hydrogen) atoms. The molecule has 0 aliphatic rings. The second kappa shape index (κ2) is 6.43. The van der Waals surface area contributed by atoms with Crippen molar-refractivity contribution in [2.45, 2.75) is 6.92 Å². The smallest absolute Gasteiger partial charge is 0.116 e. The third-order valence-electron chi connectivity index (χ3n) is 5.78. The summed E-state index contributed by atoms with van der Waals surface area (Å²) in [5.41, 5.74) is 7.55. The molecule has 2 N–H and O–H groups in total. The van der Waals surface area contributed by atoms with E-state index in [1.165, 1.54) is 15.8 Å². The zero-order valence-electron chi connectivity index (χ0n) is 16.6. The summed E-state index contributed by atoms with van der Waals surface area (Å²) in [6.45, 7) is 2.01. The van der Waals surface area contributed by atoms with Gasteiger partial charge in [-0.25, -0.2) is 4.98 Å². The van der Waals surface area contributed by atoms with E-state index in [1.54, 1.807) is 11.3 Å². The molecule has 0 unspecified atom stereocenters. The molecule has 2 aromatic carbocycles. The summed E-state index contributed by atoms with van der Waals surface area (Å²) in [5.74, 6) is 0.995. The first kappa shape index (κ1) is 17.2. The fourth-order valence-electron chi connectivity index (χ4n) is 4.08.